The Labute approximate surface area is 132 Å². The van der Waals surface area contributed by atoms with Crippen molar-refractivity contribution < 1.29 is 14.7 Å². The third-order valence-electron chi connectivity index (χ3n) is 4.10. The fourth-order valence-corrected chi connectivity index (χ4v) is 2.58. The van der Waals surface area contributed by atoms with Crippen LogP contribution >= 0.6 is 0 Å². The standard InChI is InChI=1S/C15H17N5O3/c1-15(14(22)23)7-8-19(10-15)12(21)9-20-17-13(16-18-20)11-5-3-2-4-6-11/h2-6H,7-10H2,1H3,(H,22,23). The molecule has 3 rings (SSSR count). The monoisotopic (exact) mass is 315 g/mol. The number of carboxylic acids is 1. The van der Waals surface area contributed by atoms with Crippen LogP contribution in [0, 0.1) is 5.41 Å². The molecular formula is C15H17N5O3. The predicted molar refractivity (Wildman–Crippen MR) is 80.2 cm³/mol. The van der Waals surface area contributed by atoms with Crippen molar-refractivity contribution in [1.82, 2.24) is 25.1 Å². The highest BCUT2D eigenvalue weighted by molar-refractivity contribution is 5.80. The average molecular weight is 315 g/mol. The summed E-state index contributed by atoms with van der Waals surface area (Å²) in [6.45, 7) is 2.25. The van der Waals surface area contributed by atoms with E-state index in [0.29, 0.717) is 18.8 Å². The minimum Gasteiger partial charge on any atom is -0.481 e. The van der Waals surface area contributed by atoms with Gasteiger partial charge < -0.3 is 10.0 Å². The van der Waals surface area contributed by atoms with Crippen LogP contribution in [0.3, 0.4) is 0 Å². The fourth-order valence-electron chi connectivity index (χ4n) is 2.58. The second-order valence-electron chi connectivity index (χ2n) is 5.94. The first-order chi connectivity index (χ1) is 11.0. The molecule has 2 aromatic rings. The van der Waals surface area contributed by atoms with Crippen LogP contribution in [0.2, 0.25) is 0 Å². The highest BCUT2D eigenvalue weighted by Crippen LogP contribution is 2.30. The molecule has 1 atom stereocenters. The Morgan fingerprint density at radius 3 is 2.70 bits per heavy atom. The molecule has 23 heavy (non-hydrogen) atoms. The van der Waals surface area contributed by atoms with E-state index in [9.17, 15) is 14.7 Å². The third kappa shape index (κ3) is 3.05. The fraction of sp³-hybridized carbons (Fsp3) is 0.400. The van der Waals surface area contributed by atoms with Gasteiger partial charge in [0.25, 0.3) is 0 Å². The Bertz CT molecular complexity index is 730. The van der Waals surface area contributed by atoms with E-state index in [2.05, 4.69) is 15.4 Å². The summed E-state index contributed by atoms with van der Waals surface area (Å²) >= 11 is 0. The van der Waals surface area contributed by atoms with Crippen molar-refractivity contribution in [2.24, 2.45) is 5.41 Å². The van der Waals surface area contributed by atoms with Crippen LogP contribution in [0.5, 0.6) is 0 Å². The molecule has 1 amide bonds. The minimum atomic E-state index is -0.877. The maximum Gasteiger partial charge on any atom is 0.311 e. The third-order valence-corrected chi connectivity index (χ3v) is 4.10. The van der Waals surface area contributed by atoms with Crippen LogP contribution in [-0.2, 0) is 16.1 Å². The van der Waals surface area contributed by atoms with Crippen LogP contribution in [0.15, 0.2) is 30.3 Å². The lowest BCUT2D eigenvalue weighted by Crippen LogP contribution is -2.36. The minimum absolute atomic E-state index is 0.0461. The molecule has 2 heterocycles. The number of aliphatic carboxylic acids is 1. The average Bonchev–Trinajstić information content (AvgIpc) is 3.16. The quantitative estimate of drug-likeness (QED) is 0.889. The second-order valence-corrected chi connectivity index (χ2v) is 5.94. The van der Waals surface area contributed by atoms with Gasteiger partial charge in [-0.1, -0.05) is 30.3 Å². The molecule has 8 nitrogen and oxygen atoms in total. The van der Waals surface area contributed by atoms with Gasteiger partial charge in [-0.25, -0.2) is 0 Å². The molecule has 1 fully saturated rings. The summed E-state index contributed by atoms with van der Waals surface area (Å²) < 4.78 is 0. The van der Waals surface area contributed by atoms with Crippen LogP contribution in [0.4, 0.5) is 0 Å². The molecule has 0 aliphatic carbocycles. The normalized spacial score (nSPS) is 20.7. The Kier molecular flexibility index (Phi) is 3.81. The van der Waals surface area contributed by atoms with Gasteiger partial charge in [0.1, 0.15) is 6.54 Å². The molecule has 1 aliphatic rings. The molecule has 1 aromatic heterocycles. The van der Waals surface area contributed by atoms with E-state index in [-0.39, 0.29) is 19.0 Å². The van der Waals surface area contributed by atoms with E-state index < -0.39 is 11.4 Å². The zero-order chi connectivity index (χ0) is 16.4. The highest BCUT2D eigenvalue weighted by Gasteiger charge is 2.42. The topological polar surface area (TPSA) is 101 Å². The van der Waals surface area contributed by atoms with Crippen molar-refractivity contribution in [2.75, 3.05) is 13.1 Å². The number of aromatic nitrogens is 4. The Hall–Kier alpha value is -2.77. The molecule has 0 bridgehead atoms. The largest absolute Gasteiger partial charge is 0.481 e. The first-order valence-electron chi connectivity index (χ1n) is 7.32. The highest BCUT2D eigenvalue weighted by atomic mass is 16.4. The number of nitrogens with zero attached hydrogens (tertiary/aromatic N) is 5. The second kappa shape index (κ2) is 5.79. The van der Waals surface area contributed by atoms with Gasteiger partial charge >= 0.3 is 5.97 Å². The maximum absolute atomic E-state index is 12.3. The first kappa shape index (κ1) is 15.1. The molecule has 1 aromatic carbocycles. The number of carbonyl (C=O) groups excluding carboxylic acids is 1. The van der Waals surface area contributed by atoms with Gasteiger partial charge in [0.05, 0.1) is 5.41 Å². The van der Waals surface area contributed by atoms with Crippen LogP contribution < -0.4 is 0 Å². The van der Waals surface area contributed by atoms with Gasteiger partial charge in [-0.3, -0.25) is 9.59 Å². The lowest BCUT2D eigenvalue weighted by Gasteiger charge is -2.19. The number of carbonyl (C=O) groups is 2. The lowest BCUT2D eigenvalue weighted by molar-refractivity contribution is -0.147. The van der Waals surface area contributed by atoms with Crippen molar-refractivity contribution >= 4 is 11.9 Å². The number of benzene rings is 1. The molecule has 0 spiro atoms. The molecule has 0 saturated carbocycles. The SMILES string of the molecule is CC1(C(=O)O)CCN(C(=O)Cn2nnc(-c3ccccc3)n2)C1. The molecule has 1 aliphatic heterocycles. The van der Waals surface area contributed by atoms with E-state index in [1.807, 2.05) is 30.3 Å². The van der Waals surface area contributed by atoms with Crippen LogP contribution in [-0.4, -0.2) is 55.2 Å². The van der Waals surface area contributed by atoms with Gasteiger partial charge in [-0.15, -0.1) is 10.2 Å². The van der Waals surface area contributed by atoms with Gasteiger partial charge in [0.15, 0.2) is 0 Å². The van der Waals surface area contributed by atoms with Crippen molar-refractivity contribution in [3.05, 3.63) is 30.3 Å². The molecule has 8 heteroatoms. The summed E-state index contributed by atoms with van der Waals surface area (Å²) in [4.78, 5) is 26.3. The van der Waals surface area contributed by atoms with Gasteiger partial charge in [0.2, 0.25) is 11.7 Å². The number of carboxylic acid groups (broad SMARTS) is 1. The Balaban J connectivity index is 1.66. The van der Waals surface area contributed by atoms with Crippen molar-refractivity contribution in [3.8, 4) is 11.4 Å². The molecule has 1 saturated heterocycles. The summed E-state index contributed by atoms with van der Waals surface area (Å²) in [5.74, 6) is -0.625. The summed E-state index contributed by atoms with van der Waals surface area (Å²) in [6.07, 6.45) is 0.453. The number of rotatable bonds is 4. The van der Waals surface area contributed by atoms with Crippen molar-refractivity contribution in [2.45, 2.75) is 19.9 Å². The number of hydrogen-bond acceptors (Lipinski definition) is 5. The number of tetrazole rings is 1. The summed E-state index contributed by atoms with van der Waals surface area (Å²) in [5.41, 5.74) is -0.0495. The van der Waals surface area contributed by atoms with Crippen molar-refractivity contribution in [3.63, 3.8) is 0 Å². The van der Waals surface area contributed by atoms with E-state index in [0.717, 1.165) is 5.56 Å². The Morgan fingerprint density at radius 1 is 1.30 bits per heavy atom. The summed E-state index contributed by atoms with van der Waals surface area (Å²) in [5, 5.41) is 21.2. The number of hydrogen-bond donors (Lipinski definition) is 1. The first-order valence-corrected chi connectivity index (χ1v) is 7.32. The molecule has 0 radical (unpaired) electrons. The smallest absolute Gasteiger partial charge is 0.311 e. The molecule has 120 valence electrons. The molecular weight excluding hydrogens is 298 g/mol. The zero-order valence-electron chi connectivity index (χ0n) is 12.7. The van der Waals surface area contributed by atoms with E-state index >= 15 is 0 Å². The number of amides is 1. The van der Waals surface area contributed by atoms with E-state index in [4.69, 9.17) is 0 Å². The van der Waals surface area contributed by atoms with Gasteiger partial charge in [-0.05, 0) is 18.6 Å². The van der Waals surface area contributed by atoms with Crippen molar-refractivity contribution in [1.29, 1.82) is 0 Å². The van der Waals surface area contributed by atoms with Gasteiger partial charge in [-0.2, -0.15) is 4.80 Å². The Morgan fingerprint density at radius 2 is 2.04 bits per heavy atom. The maximum atomic E-state index is 12.3. The van der Waals surface area contributed by atoms with Gasteiger partial charge in [0, 0.05) is 18.7 Å². The number of likely N-dealkylation sites (tertiary alicyclic amines) is 1. The molecule has 1 unspecified atom stereocenters. The predicted octanol–water partition coefficient (Wildman–Crippen LogP) is 0.663. The summed E-state index contributed by atoms with van der Waals surface area (Å²) in [7, 11) is 0. The zero-order valence-corrected chi connectivity index (χ0v) is 12.7. The summed E-state index contributed by atoms with van der Waals surface area (Å²) in [6, 6.07) is 9.37. The van der Waals surface area contributed by atoms with Crippen LogP contribution in [0.1, 0.15) is 13.3 Å². The lowest BCUT2D eigenvalue weighted by atomic mass is 9.90. The van der Waals surface area contributed by atoms with E-state index in [1.54, 1.807) is 11.8 Å². The van der Waals surface area contributed by atoms with Crippen LogP contribution in [0.25, 0.3) is 11.4 Å². The molecule has 1 N–H and O–H groups in total. The van der Waals surface area contributed by atoms with E-state index in [1.165, 1.54) is 4.80 Å².